The van der Waals surface area contributed by atoms with E-state index in [4.69, 9.17) is 4.74 Å². The molecule has 1 N–H and O–H groups in total. The van der Waals surface area contributed by atoms with Crippen LogP contribution in [0.4, 0.5) is 13.2 Å². The molecule has 1 amide bonds. The summed E-state index contributed by atoms with van der Waals surface area (Å²) in [5, 5.41) is 6.52. The summed E-state index contributed by atoms with van der Waals surface area (Å²) in [6.07, 6.45) is -4.01. The van der Waals surface area contributed by atoms with Gasteiger partial charge in [0.25, 0.3) is 11.5 Å². The Balaban J connectivity index is 2.03. The van der Waals surface area contributed by atoms with Crippen LogP contribution < -0.4 is 16.6 Å². The van der Waals surface area contributed by atoms with Crippen LogP contribution in [0.3, 0.4) is 0 Å². The number of alkyl halides is 3. The number of rotatable bonds is 8. The fraction of sp³-hybridized carbons (Fsp3) is 0.273. The molecule has 0 fully saturated rings. The molecule has 0 aliphatic heterocycles. The minimum absolute atomic E-state index is 0.219. The standard InChI is InChI=1S/C22H21F3N4O4/c1-33-13-5-12-26-19(30)18-20(31)28(14-15-8-10-16(11-9-15)22(23,24)25)21(32)29(27-18)17-6-3-2-4-7-17/h2-4,6-11H,5,12-14H2,1H3,(H,26,30). The van der Waals surface area contributed by atoms with Gasteiger partial charge in [-0.1, -0.05) is 30.3 Å². The second-order valence-electron chi connectivity index (χ2n) is 7.07. The first-order valence-electron chi connectivity index (χ1n) is 9.95. The second-order valence-corrected chi connectivity index (χ2v) is 7.07. The largest absolute Gasteiger partial charge is 0.416 e. The van der Waals surface area contributed by atoms with Crippen molar-refractivity contribution in [3.63, 3.8) is 0 Å². The molecule has 0 aliphatic carbocycles. The maximum Gasteiger partial charge on any atom is 0.416 e. The molecule has 2 aromatic carbocycles. The van der Waals surface area contributed by atoms with Crippen molar-refractivity contribution in [2.45, 2.75) is 19.1 Å². The topological polar surface area (TPSA) is 95.2 Å². The lowest BCUT2D eigenvalue weighted by atomic mass is 10.1. The summed E-state index contributed by atoms with van der Waals surface area (Å²) in [5.41, 5.74) is -2.55. The summed E-state index contributed by atoms with van der Waals surface area (Å²) < 4.78 is 45.1. The molecule has 0 unspecified atom stereocenters. The van der Waals surface area contributed by atoms with Crippen molar-refractivity contribution in [2.75, 3.05) is 20.3 Å². The zero-order valence-electron chi connectivity index (χ0n) is 17.6. The van der Waals surface area contributed by atoms with Gasteiger partial charge in [0.05, 0.1) is 17.8 Å². The Kier molecular flexibility index (Phi) is 7.44. The van der Waals surface area contributed by atoms with E-state index in [0.717, 1.165) is 21.4 Å². The highest BCUT2D eigenvalue weighted by atomic mass is 19.4. The lowest BCUT2D eigenvalue weighted by Crippen LogP contribution is -2.46. The molecule has 33 heavy (non-hydrogen) atoms. The molecule has 0 saturated carbocycles. The number of benzene rings is 2. The Labute approximate surface area is 186 Å². The summed E-state index contributed by atoms with van der Waals surface area (Å²) in [6.45, 7) is 0.279. The Morgan fingerprint density at radius 3 is 2.33 bits per heavy atom. The molecule has 0 spiro atoms. The SMILES string of the molecule is COCCCNC(=O)c1nn(-c2ccccc2)c(=O)n(Cc2ccc(C(F)(F)F)cc2)c1=O. The van der Waals surface area contributed by atoms with Gasteiger partial charge in [0.2, 0.25) is 5.69 Å². The molecule has 0 saturated heterocycles. The molecule has 0 atom stereocenters. The Morgan fingerprint density at radius 1 is 1.06 bits per heavy atom. The first kappa shape index (κ1) is 23.9. The number of para-hydroxylation sites is 1. The fourth-order valence-electron chi connectivity index (χ4n) is 3.02. The number of hydrogen-bond acceptors (Lipinski definition) is 5. The quantitative estimate of drug-likeness (QED) is 0.518. The molecule has 174 valence electrons. The number of aromatic nitrogens is 3. The summed E-state index contributed by atoms with van der Waals surface area (Å²) in [5.74, 6) is -0.776. The Bertz CT molecular complexity index is 1220. The van der Waals surface area contributed by atoms with E-state index in [9.17, 15) is 27.6 Å². The van der Waals surface area contributed by atoms with E-state index in [1.54, 1.807) is 30.3 Å². The number of hydrogen-bond donors (Lipinski definition) is 1. The van der Waals surface area contributed by atoms with Crippen molar-refractivity contribution in [1.29, 1.82) is 0 Å². The predicted molar refractivity (Wildman–Crippen MR) is 113 cm³/mol. The van der Waals surface area contributed by atoms with E-state index < -0.39 is 34.6 Å². The van der Waals surface area contributed by atoms with Gasteiger partial charge in [-0.3, -0.25) is 14.2 Å². The van der Waals surface area contributed by atoms with Crippen molar-refractivity contribution in [3.8, 4) is 5.69 Å². The first-order valence-corrected chi connectivity index (χ1v) is 9.95. The molecule has 11 heteroatoms. The van der Waals surface area contributed by atoms with E-state index >= 15 is 0 Å². The van der Waals surface area contributed by atoms with E-state index in [0.29, 0.717) is 18.7 Å². The number of carbonyl (C=O) groups is 1. The van der Waals surface area contributed by atoms with Gasteiger partial charge in [-0.2, -0.15) is 23.0 Å². The van der Waals surface area contributed by atoms with Crippen molar-refractivity contribution < 1.29 is 22.7 Å². The highest BCUT2D eigenvalue weighted by Crippen LogP contribution is 2.29. The molecule has 1 heterocycles. The van der Waals surface area contributed by atoms with E-state index in [2.05, 4.69) is 10.4 Å². The van der Waals surface area contributed by atoms with Crippen molar-refractivity contribution in [3.05, 3.63) is 92.3 Å². The van der Waals surface area contributed by atoms with Crippen LogP contribution in [-0.2, 0) is 17.5 Å². The van der Waals surface area contributed by atoms with Gasteiger partial charge < -0.3 is 10.1 Å². The average Bonchev–Trinajstić information content (AvgIpc) is 2.80. The number of nitrogens with one attached hydrogen (secondary N) is 1. The number of carbonyl (C=O) groups excluding carboxylic acids is 1. The highest BCUT2D eigenvalue weighted by Gasteiger charge is 2.30. The molecule has 1 aromatic heterocycles. The minimum Gasteiger partial charge on any atom is -0.385 e. The summed E-state index contributed by atoms with van der Waals surface area (Å²) in [7, 11) is 1.51. The molecule has 3 aromatic rings. The predicted octanol–water partition coefficient (Wildman–Crippen LogP) is 2.23. The third-order valence-corrected chi connectivity index (χ3v) is 4.71. The van der Waals surface area contributed by atoms with Crippen molar-refractivity contribution >= 4 is 5.91 Å². The number of ether oxygens (including phenoxy) is 1. The molecule has 0 radical (unpaired) electrons. The van der Waals surface area contributed by atoms with Crippen LogP contribution in [0.25, 0.3) is 5.69 Å². The van der Waals surface area contributed by atoms with Gasteiger partial charge in [0, 0.05) is 20.3 Å². The zero-order valence-corrected chi connectivity index (χ0v) is 17.6. The van der Waals surface area contributed by atoms with Crippen LogP contribution in [0.1, 0.15) is 28.0 Å². The molecule has 0 aliphatic rings. The zero-order chi connectivity index (χ0) is 24.0. The van der Waals surface area contributed by atoms with E-state index in [-0.39, 0.29) is 18.7 Å². The maximum atomic E-state index is 13.0. The van der Waals surface area contributed by atoms with Gasteiger partial charge in [0.1, 0.15) is 0 Å². The van der Waals surface area contributed by atoms with Crippen LogP contribution in [0.15, 0.2) is 64.2 Å². The molecular weight excluding hydrogens is 441 g/mol. The molecular formula is C22H21F3N4O4. The van der Waals surface area contributed by atoms with Crippen LogP contribution in [-0.4, -0.2) is 40.5 Å². The number of amides is 1. The lowest BCUT2D eigenvalue weighted by Gasteiger charge is -2.13. The van der Waals surface area contributed by atoms with Crippen LogP contribution >= 0.6 is 0 Å². The Hall–Kier alpha value is -3.73. The maximum absolute atomic E-state index is 13.0. The van der Waals surface area contributed by atoms with Gasteiger partial charge in [0.15, 0.2) is 0 Å². The van der Waals surface area contributed by atoms with Gasteiger partial charge >= 0.3 is 11.9 Å². The number of nitrogens with zero attached hydrogens (tertiary/aromatic N) is 3. The summed E-state index contributed by atoms with van der Waals surface area (Å²) in [6, 6.07) is 12.2. The Morgan fingerprint density at radius 2 is 1.73 bits per heavy atom. The number of halogens is 3. The monoisotopic (exact) mass is 462 g/mol. The van der Waals surface area contributed by atoms with Crippen molar-refractivity contribution in [2.24, 2.45) is 0 Å². The third-order valence-electron chi connectivity index (χ3n) is 4.71. The van der Waals surface area contributed by atoms with Crippen molar-refractivity contribution in [1.82, 2.24) is 19.7 Å². The highest BCUT2D eigenvalue weighted by molar-refractivity contribution is 5.91. The molecule has 8 nitrogen and oxygen atoms in total. The number of methoxy groups -OCH3 is 1. The summed E-state index contributed by atoms with van der Waals surface area (Å²) >= 11 is 0. The summed E-state index contributed by atoms with van der Waals surface area (Å²) in [4.78, 5) is 38.6. The van der Waals surface area contributed by atoms with Crippen LogP contribution in [0, 0.1) is 0 Å². The van der Waals surface area contributed by atoms with Gasteiger partial charge in [-0.05, 0) is 36.2 Å². The van der Waals surface area contributed by atoms with E-state index in [1.807, 2.05) is 0 Å². The van der Waals surface area contributed by atoms with Gasteiger partial charge in [-0.15, -0.1) is 0 Å². The first-order chi connectivity index (χ1) is 15.7. The smallest absolute Gasteiger partial charge is 0.385 e. The van der Waals surface area contributed by atoms with Crippen LogP contribution in [0.5, 0.6) is 0 Å². The third kappa shape index (κ3) is 5.75. The average molecular weight is 462 g/mol. The van der Waals surface area contributed by atoms with E-state index in [1.165, 1.54) is 19.2 Å². The minimum atomic E-state index is -4.51. The molecule has 3 rings (SSSR count). The lowest BCUT2D eigenvalue weighted by molar-refractivity contribution is -0.137. The molecule has 0 bridgehead atoms. The fourth-order valence-corrected chi connectivity index (χ4v) is 3.02. The van der Waals surface area contributed by atoms with Gasteiger partial charge in [-0.25, -0.2) is 4.79 Å². The normalized spacial score (nSPS) is 11.4. The van der Waals surface area contributed by atoms with Crippen LogP contribution in [0.2, 0.25) is 0 Å². The second kappa shape index (κ2) is 10.3.